The van der Waals surface area contributed by atoms with Crippen LogP contribution in [0, 0.1) is 11.6 Å². The second kappa shape index (κ2) is 6.88. The normalized spacial score (nSPS) is 16.7. The fourth-order valence-electron chi connectivity index (χ4n) is 3.06. The van der Waals surface area contributed by atoms with Crippen molar-refractivity contribution in [3.63, 3.8) is 0 Å². The maximum Gasteiger partial charge on any atom is 0.151 e. The molecule has 0 N–H and O–H groups in total. The average molecular weight is 370 g/mol. The first-order chi connectivity index (χ1) is 12.7. The Kier molecular flexibility index (Phi) is 4.42. The van der Waals surface area contributed by atoms with Gasteiger partial charge in [-0.2, -0.15) is 5.10 Å². The molecule has 0 saturated heterocycles. The summed E-state index contributed by atoms with van der Waals surface area (Å²) in [5.74, 6) is -0.452. The zero-order chi connectivity index (χ0) is 18.1. The third-order valence-corrected chi connectivity index (χ3v) is 5.34. The van der Waals surface area contributed by atoms with Gasteiger partial charge in [0.05, 0.1) is 24.6 Å². The Morgan fingerprint density at radius 3 is 2.58 bits per heavy atom. The van der Waals surface area contributed by atoms with Crippen LogP contribution in [0.5, 0.6) is 5.75 Å². The maximum absolute atomic E-state index is 14.4. The zero-order valence-electron chi connectivity index (χ0n) is 14.0. The summed E-state index contributed by atoms with van der Waals surface area (Å²) in [4.78, 5) is 1.08. The Labute approximate surface area is 154 Å². The molecule has 0 bridgehead atoms. The fourth-order valence-corrected chi connectivity index (χ4v) is 3.87. The number of rotatable bonds is 4. The van der Waals surface area contributed by atoms with Crippen LogP contribution >= 0.6 is 11.3 Å². The second-order valence-electron chi connectivity index (χ2n) is 5.95. The van der Waals surface area contributed by atoms with E-state index < -0.39 is 11.6 Å². The SMILES string of the molecule is COc1ccc(C2=NN(c3ccc(F)cc3F)C(c3cccs3)C2)cc1. The minimum absolute atomic E-state index is 0.118. The van der Waals surface area contributed by atoms with Crippen LogP contribution in [0.3, 0.4) is 0 Å². The number of nitrogens with zero attached hydrogens (tertiary/aromatic N) is 2. The van der Waals surface area contributed by atoms with Crippen molar-refractivity contribution in [2.24, 2.45) is 5.10 Å². The highest BCUT2D eigenvalue weighted by molar-refractivity contribution is 7.10. The predicted octanol–water partition coefficient (Wildman–Crippen LogP) is 5.39. The van der Waals surface area contributed by atoms with Crippen molar-refractivity contribution in [2.45, 2.75) is 12.5 Å². The number of thiophene rings is 1. The summed E-state index contributed by atoms with van der Waals surface area (Å²) >= 11 is 1.60. The van der Waals surface area contributed by atoms with Gasteiger partial charge in [-0.1, -0.05) is 6.07 Å². The summed E-state index contributed by atoms with van der Waals surface area (Å²) in [6.07, 6.45) is 0.643. The number of methoxy groups -OCH3 is 1. The average Bonchev–Trinajstić information content (AvgIpc) is 3.31. The van der Waals surface area contributed by atoms with E-state index in [1.165, 1.54) is 12.1 Å². The molecule has 2 aromatic carbocycles. The molecule has 2 heterocycles. The molecule has 0 radical (unpaired) electrons. The molecule has 0 fully saturated rings. The number of benzene rings is 2. The quantitative estimate of drug-likeness (QED) is 0.615. The molecule has 1 unspecified atom stereocenters. The minimum atomic E-state index is -0.619. The van der Waals surface area contributed by atoms with Gasteiger partial charge in [0, 0.05) is 17.4 Å². The topological polar surface area (TPSA) is 24.8 Å². The van der Waals surface area contributed by atoms with E-state index >= 15 is 0 Å². The van der Waals surface area contributed by atoms with Crippen molar-refractivity contribution < 1.29 is 13.5 Å². The van der Waals surface area contributed by atoms with Crippen LogP contribution in [0.1, 0.15) is 22.9 Å². The van der Waals surface area contributed by atoms with Crippen LogP contribution < -0.4 is 9.75 Å². The Hall–Kier alpha value is -2.73. The fraction of sp³-hybridized carbons (Fsp3) is 0.150. The lowest BCUT2D eigenvalue weighted by Gasteiger charge is -2.23. The highest BCUT2D eigenvalue weighted by Crippen LogP contribution is 2.39. The first-order valence-corrected chi connectivity index (χ1v) is 9.03. The molecule has 0 amide bonds. The van der Waals surface area contributed by atoms with E-state index in [0.29, 0.717) is 6.42 Å². The molecule has 0 saturated carbocycles. The summed E-state index contributed by atoms with van der Waals surface area (Å²) in [7, 11) is 1.62. The summed E-state index contributed by atoms with van der Waals surface area (Å²) in [6, 6.07) is 15.1. The second-order valence-corrected chi connectivity index (χ2v) is 6.93. The molecule has 3 nitrogen and oxygen atoms in total. The zero-order valence-corrected chi connectivity index (χ0v) is 14.8. The first-order valence-electron chi connectivity index (χ1n) is 8.15. The Morgan fingerprint density at radius 1 is 1.12 bits per heavy atom. The number of anilines is 1. The molecule has 1 aliphatic heterocycles. The predicted molar refractivity (Wildman–Crippen MR) is 100 cm³/mol. The Bertz CT molecular complexity index is 939. The van der Waals surface area contributed by atoms with E-state index in [0.717, 1.165) is 28.0 Å². The van der Waals surface area contributed by atoms with Crippen molar-refractivity contribution in [1.82, 2.24) is 0 Å². The van der Waals surface area contributed by atoms with Gasteiger partial charge in [-0.15, -0.1) is 11.3 Å². The number of hydrogen-bond donors (Lipinski definition) is 0. The van der Waals surface area contributed by atoms with Gasteiger partial charge in [0.2, 0.25) is 0 Å². The lowest BCUT2D eigenvalue weighted by Crippen LogP contribution is -2.18. The van der Waals surface area contributed by atoms with Crippen molar-refractivity contribution >= 4 is 22.7 Å². The van der Waals surface area contributed by atoms with Crippen LogP contribution in [-0.4, -0.2) is 12.8 Å². The van der Waals surface area contributed by atoms with Crippen molar-refractivity contribution in [3.8, 4) is 5.75 Å². The molecular weight excluding hydrogens is 354 g/mol. The molecule has 0 spiro atoms. The van der Waals surface area contributed by atoms with E-state index in [9.17, 15) is 8.78 Å². The van der Waals surface area contributed by atoms with Crippen LogP contribution in [0.4, 0.5) is 14.5 Å². The van der Waals surface area contributed by atoms with E-state index in [-0.39, 0.29) is 11.7 Å². The minimum Gasteiger partial charge on any atom is -0.497 e. The summed E-state index contributed by atoms with van der Waals surface area (Å²) in [5.41, 5.74) is 2.08. The van der Waals surface area contributed by atoms with Crippen LogP contribution in [0.15, 0.2) is 65.1 Å². The smallest absolute Gasteiger partial charge is 0.151 e. The number of hydrogen-bond acceptors (Lipinski definition) is 4. The molecule has 6 heteroatoms. The highest BCUT2D eigenvalue weighted by Gasteiger charge is 2.32. The van der Waals surface area contributed by atoms with Crippen LogP contribution in [0.25, 0.3) is 0 Å². The van der Waals surface area contributed by atoms with Crippen molar-refractivity contribution in [3.05, 3.63) is 82.1 Å². The lowest BCUT2D eigenvalue weighted by molar-refractivity contribution is 0.415. The van der Waals surface area contributed by atoms with Crippen LogP contribution in [0.2, 0.25) is 0 Å². The third-order valence-electron chi connectivity index (χ3n) is 4.36. The molecule has 1 atom stereocenters. The van der Waals surface area contributed by atoms with Gasteiger partial charge >= 0.3 is 0 Å². The molecule has 1 aliphatic rings. The molecule has 4 rings (SSSR count). The molecule has 26 heavy (non-hydrogen) atoms. The summed E-state index contributed by atoms with van der Waals surface area (Å²) in [5, 5.41) is 8.30. The number of ether oxygens (including phenoxy) is 1. The van der Waals surface area contributed by atoms with Gasteiger partial charge in [-0.25, -0.2) is 8.78 Å². The maximum atomic E-state index is 14.4. The van der Waals surface area contributed by atoms with Gasteiger partial charge in [-0.3, -0.25) is 5.01 Å². The van der Waals surface area contributed by atoms with Gasteiger partial charge in [0.1, 0.15) is 11.6 Å². The van der Waals surface area contributed by atoms with E-state index in [2.05, 4.69) is 5.10 Å². The highest BCUT2D eigenvalue weighted by atomic mass is 32.1. The molecule has 0 aliphatic carbocycles. The first kappa shape index (κ1) is 16.7. The van der Waals surface area contributed by atoms with E-state index in [1.54, 1.807) is 23.5 Å². The molecule has 1 aromatic heterocycles. The molecule has 132 valence electrons. The van der Waals surface area contributed by atoms with Crippen molar-refractivity contribution in [1.29, 1.82) is 0 Å². The van der Waals surface area contributed by atoms with E-state index in [1.807, 2.05) is 41.8 Å². The number of hydrazone groups is 1. The van der Waals surface area contributed by atoms with Gasteiger partial charge in [0.15, 0.2) is 5.82 Å². The summed E-state index contributed by atoms with van der Waals surface area (Å²) in [6.45, 7) is 0. The monoisotopic (exact) mass is 370 g/mol. The standard InChI is InChI=1S/C20H16F2N2OS/c1-25-15-7-4-13(5-8-15)17-12-19(20-3-2-10-26-20)24(23-17)18-9-6-14(21)11-16(18)22/h2-11,19H,12H2,1H3. The van der Waals surface area contributed by atoms with Gasteiger partial charge in [-0.05, 0) is 53.4 Å². The van der Waals surface area contributed by atoms with Crippen molar-refractivity contribution in [2.75, 3.05) is 12.1 Å². The van der Waals surface area contributed by atoms with Crippen LogP contribution in [-0.2, 0) is 0 Å². The Morgan fingerprint density at radius 2 is 1.92 bits per heavy atom. The lowest BCUT2D eigenvalue weighted by atomic mass is 10.0. The van der Waals surface area contributed by atoms with Gasteiger partial charge < -0.3 is 4.74 Å². The van der Waals surface area contributed by atoms with E-state index in [4.69, 9.17) is 4.74 Å². The summed E-state index contributed by atoms with van der Waals surface area (Å²) < 4.78 is 32.9. The van der Waals surface area contributed by atoms with Gasteiger partial charge in [0.25, 0.3) is 0 Å². The molecule has 3 aromatic rings. The largest absolute Gasteiger partial charge is 0.497 e. The molecular formula is C20H16F2N2OS. The number of halogens is 2. The third kappa shape index (κ3) is 3.08. The Balaban J connectivity index is 1.74.